The number of ether oxygens (including phenoxy) is 2. The Morgan fingerprint density at radius 1 is 0.955 bits per heavy atom. The van der Waals surface area contributed by atoms with E-state index in [1.54, 1.807) is 0 Å². The predicted molar refractivity (Wildman–Crippen MR) is 94.4 cm³/mol. The smallest absolute Gasteiger partial charge is 0.204 e. The highest BCUT2D eigenvalue weighted by Gasteiger charge is 2.27. The van der Waals surface area contributed by atoms with Crippen molar-refractivity contribution in [1.82, 2.24) is 0 Å². The van der Waals surface area contributed by atoms with Crippen LogP contribution in [0.25, 0.3) is 0 Å². The second kappa shape index (κ2) is 7.50. The van der Waals surface area contributed by atoms with Gasteiger partial charge in [-0.25, -0.2) is 0 Å². The Kier molecular flexibility index (Phi) is 6.49. The summed E-state index contributed by atoms with van der Waals surface area (Å²) < 4.78 is 11.8. The highest BCUT2D eigenvalue weighted by atomic mass is 16.7. The van der Waals surface area contributed by atoms with E-state index in [0.717, 1.165) is 5.75 Å². The summed E-state index contributed by atoms with van der Waals surface area (Å²) >= 11 is 0. The van der Waals surface area contributed by atoms with Crippen LogP contribution in [0.3, 0.4) is 0 Å². The zero-order valence-corrected chi connectivity index (χ0v) is 15.7. The third-order valence-corrected chi connectivity index (χ3v) is 3.64. The van der Waals surface area contributed by atoms with Crippen LogP contribution in [0.2, 0.25) is 0 Å². The van der Waals surface area contributed by atoms with Gasteiger partial charge in [0.2, 0.25) is 6.29 Å². The van der Waals surface area contributed by atoms with Crippen LogP contribution in [0.5, 0.6) is 5.75 Å². The number of benzene rings is 1. The molecule has 0 heterocycles. The van der Waals surface area contributed by atoms with Gasteiger partial charge in [-0.15, -0.1) is 0 Å². The van der Waals surface area contributed by atoms with Crippen LogP contribution in [-0.2, 0) is 4.74 Å². The molecule has 0 bridgehead atoms. The summed E-state index contributed by atoms with van der Waals surface area (Å²) in [7, 11) is 0. The zero-order chi connectivity index (χ0) is 17.0. The standard InChI is InChI=1S/C20H34O2/c1-9-21-18(20(6,7)8)22-17-12-10-16(11-13-17)15(2)14-19(3,4)5/h10-13,15,18H,9,14H2,1-8H3. The molecule has 0 amide bonds. The Bertz CT molecular complexity index is 434. The van der Waals surface area contributed by atoms with E-state index >= 15 is 0 Å². The van der Waals surface area contributed by atoms with Crippen molar-refractivity contribution in [2.75, 3.05) is 6.61 Å². The molecule has 1 aromatic carbocycles. The van der Waals surface area contributed by atoms with Crippen molar-refractivity contribution in [2.45, 2.75) is 74.0 Å². The van der Waals surface area contributed by atoms with Gasteiger partial charge in [-0.1, -0.05) is 60.6 Å². The van der Waals surface area contributed by atoms with Crippen LogP contribution >= 0.6 is 0 Å². The first-order valence-corrected chi connectivity index (χ1v) is 8.41. The molecule has 0 radical (unpaired) electrons. The fourth-order valence-corrected chi connectivity index (χ4v) is 2.65. The maximum Gasteiger partial charge on any atom is 0.204 e. The lowest BCUT2D eigenvalue weighted by Crippen LogP contribution is -2.34. The monoisotopic (exact) mass is 306 g/mol. The molecule has 2 atom stereocenters. The van der Waals surface area contributed by atoms with E-state index in [2.05, 4.69) is 72.7 Å². The van der Waals surface area contributed by atoms with E-state index in [9.17, 15) is 0 Å². The zero-order valence-electron chi connectivity index (χ0n) is 15.7. The van der Waals surface area contributed by atoms with Gasteiger partial charge in [-0.05, 0) is 42.4 Å². The lowest BCUT2D eigenvalue weighted by atomic mass is 9.82. The largest absolute Gasteiger partial charge is 0.464 e. The summed E-state index contributed by atoms with van der Waals surface area (Å²) in [6, 6.07) is 8.48. The third kappa shape index (κ3) is 6.39. The molecule has 22 heavy (non-hydrogen) atoms. The van der Waals surface area contributed by atoms with E-state index in [-0.39, 0.29) is 11.7 Å². The van der Waals surface area contributed by atoms with Gasteiger partial charge in [0.25, 0.3) is 0 Å². The summed E-state index contributed by atoms with van der Waals surface area (Å²) in [5.74, 6) is 1.43. The molecule has 2 unspecified atom stereocenters. The molecule has 0 aromatic heterocycles. The number of rotatable bonds is 6. The Labute approximate surface area is 137 Å². The normalized spacial score (nSPS) is 15.5. The molecule has 0 N–H and O–H groups in total. The van der Waals surface area contributed by atoms with Crippen LogP contribution in [-0.4, -0.2) is 12.9 Å². The first kappa shape index (κ1) is 19.0. The SMILES string of the molecule is CCOC(Oc1ccc(C(C)CC(C)(C)C)cc1)C(C)(C)C. The van der Waals surface area contributed by atoms with E-state index in [0.29, 0.717) is 17.9 Å². The van der Waals surface area contributed by atoms with Crippen molar-refractivity contribution >= 4 is 0 Å². The van der Waals surface area contributed by atoms with Gasteiger partial charge in [-0.2, -0.15) is 0 Å². The fourth-order valence-electron chi connectivity index (χ4n) is 2.65. The second-order valence-corrected chi connectivity index (χ2v) is 8.51. The summed E-state index contributed by atoms with van der Waals surface area (Å²) in [6.07, 6.45) is 0.951. The van der Waals surface area contributed by atoms with Gasteiger partial charge in [0.05, 0.1) is 0 Å². The van der Waals surface area contributed by atoms with Gasteiger partial charge >= 0.3 is 0 Å². The minimum absolute atomic E-state index is 0.0474. The number of hydrogen-bond acceptors (Lipinski definition) is 2. The van der Waals surface area contributed by atoms with Gasteiger partial charge in [0, 0.05) is 12.0 Å². The van der Waals surface area contributed by atoms with E-state index in [1.807, 2.05) is 6.92 Å². The first-order chi connectivity index (χ1) is 10.0. The van der Waals surface area contributed by atoms with E-state index < -0.39 is 0 Å². The van der Waals surface area contributed by atoms with Crippen molar-refractivity contribution in [3.05, 3.63) is 29.8 Å². The molecular weight excluding hydrogens is 272 g/mol. The van der Waals surface area contributed by atoms with Crippen molar-refractivity contribution in [3.63, 3.8) is 0 Å². The van der Waals surface area contributed by atoms with Crippen molar-refractivity contribution in [2.24, 2.45) is 10.8 Å². The highest BCUT2D eigenvalue weighted by Crippen LogP contribution is 2.32. The lowest BCUT2D eigenvalue weighted by molar-refractivity contribution is -0.137. The molecule has 0 aliphatic rings. The van der Waals surface area contributed by atoms with Crippen molar-refractivity contribution in [1.29, 1.82) is 0 Å². The summed E-state index contributed by atoms with van der Waals surface area (Å²) in [4.78, 5) is 0. The molecule has 0 aliphatic carbocycles. The molecule has 0 saturated carbocycles. The quantitative estimate of drug-likeness (QED) is 0.599. The summed E-state index contributed by atoms with van der Waals surface area (Å²) in [5, 5.41) is 0. The van der Waals surface area contributed by atoms with Crippen LogP contribution in [0, 0.1) is 10.8 Å². The Morgan fingerprint density at radius 3 is 1.91 bits per heavy atom. The Morgan fingerprint density at radius 2 is 1.50 bits per heavy atom. The molecule has 0 fully saturated rings. The Balaban J connectivity index is 2.75. The average molecular weight is 306 g/mol. The predicted octanol–water partition coefficient (Wildman–Crippen LogP) is 6.01. The molecule has 0 saturated heterocycles. The molecule has 1 rings (SSSR count). The van der Waals surface area contributed by atoms with Crippen LogP contribution in [0.15, 0.2) is 24.3 Å². The molecular formula is C20H34O2. The van der Waals surface area contributed by atoms with Crippen LogP contribution in [0.4, 0.5) is 0 Å². The van der Waals surface area contributed by atoms with Crippen LogP contribution < -0.4 is 4.74 Å². The van der Waals surface area contributed by atoms with Gasteiger partial charge in [-0.3, -0.25) is 0 Å². The second-order valence-electron chi connectivity index (χ2n) is 8.51. The molecule has 0 spiro atoms. The first-order valence-electron chi connectivity index (χ1n) is 8.41. The molecule has 0 aliphatic heterocycles. The molecule has 1 aromatic rings. The van der Waals surface area contributed by atoms with Gasteiger partial charge in [0.1, 0.15) is 5.75 Å². The van der Waals surface area contributed by atoms with Crippen molar-refractivity contribution < 1.29 is 9.47 Å². The summed E-state index contributed by atoms with van der Waals surface area (Å²) in [5.41, 5.74) is 1.67. The van der Waals surface area contributed by atoms with E-state index in [1.165, 1.54) is 12.0 Å². The van der Waals surface area contributed by atoms with E-state index in [4.69, 9.17) is 9.47 Å². The minimum Gasteiger partial charge on any atom is -0.464 e. The minimum atomic E-state index is -0.227. The summed E-state index contributed by atoms with van der Waals surface area (Å²) in [6.45, 7) is 18.2. The maximum absolute atomic E-state index is 6.03. The fraction of sp³-hybridized carbons (Fsp3) is 0.700. The molecule has 2 heteroatoms. The Hall–Kier alpha value is -1.02. The van der Waals surface area contributed by atoms with Crippen LogP contribution in [0.1, 0.15) is 73.3 Å². The third-order valence-electron chi connectivity index (χ3n) is 3.64. The molecule has 126 valence electrons. The van der Waals surface area contributed by atoms with Gasteiger partial charge < -0.3 is 9.47 Å². The topological polar surface area (TPSA) is 18.5 Å². The number of hydrogen-bond donors (Lipinski definition) is 0. The highest BCUT2D eigenvalue weighted by molar-refractivity contribution is 5.29. The van der Waals surface area contributed by atoms with Gasteiger partial charge in [0.15, 0.2) is 0 Å². The van der Waals surface area contributed by atoms with Crippen molar-refractivity contribution in [3.8, 4) is 5.75 Å². The lowest BCUT2D eigenvalue weighted by Gasteiger charge is -2.30. The molecule has 2 nitrogen and oxygen atoms in total. The average Bonchev–Trinajstić information content (AvgIpc) is 2.36. The maximum atomic E-state index is 6.03.